The molecule has 28 heavy (non-hydrogen) atoms. The lowest BCUT2D eigenvalue weighted by atomic mass is 10.1. The van der Waals surface area contributed by atoms with Crippen molar-refractivity contribution in [2.24, 2.45) is 0 Å². The van der Waals surface area contributed by atoms with Crippen LogP contribution in [0.3, 0.4) is 0 Å². The number of hydrogen-bond acceptors (Lipinski definition) is 5. The normalized spacial score (nSPS) is 15.6. The maximum absolute atomic E-state index is 12.8. The van der Waals surface area contributed by atoms with E-state index >= 15 is 0 Å². The first-order valence-electron chi connectivity index (χ1n) is 8.68. The Balaban J connectivity index is 1.84. The summed E-state index contributed by atoms with van der Waals surface area (Å²) in [5, 5.41) is 2.23. The molecule has 2 aromatic carbocycles. The number of carbonyl (C=O) groups excluding carboxylic acids is 3. The van der Waals surface area contributed by atoms with Gasteiger partial charge in [0.1, 0.15) is 11.3 Å². The molecular weight excluding hydrogens is 358 g/mol. The van der Waals surface area contributed by atoms with Crippen molar-refractivity contribution < 1.29 is 19.1 Å². The van der Waals surface area contributed by atoms with Gasteiger partial charge >= 0.3 is 6.03 Å². The Hall–Kier alpha value is -3.61. The van der Waals surface area contributed by atoms with E-state index in [1.807, 2.05) is 43.3 Å². The van der Waals surface area contributed by atoms with E-state index < -0.39 is 17.8 Å². The second kappa shape index (κ2) is 7.96. The Morgan fingerprint density at radius 1 is 1.00 bits per heavy atom. The van der Waals surface area contributed by atoms with Crippen LogP contribution in [0.25, 0.3) is 6.08 Å². The number of rotatable bonds is 5. The second-order valence-electron chi connectivity index (χ2n) is 6.54. The third kappa shape index (κ3) is 4.03. The highest BCUT2D eigenvalue weighted by Gasteiger charge is 2.35. The smallest absolute Gasteiger partial charge is 0.331 e. The van der Waals surface area contributed by atoms with Crippen molar-refractivity contribution in [2.45, 2.75) is 6.54 Å². The third-order valence-electron chi connectivity index (χ3n) is 4.41. The highest BCUT2D eigenvalue weighted by molar-refractivity contribution is 6.30. The third-order valence-corrected chi connectivity index (χ3v) is 4.41. The summed E-state index contributed by atoms with van der Waals surface area (Å²) in [5.74, 6) is -0.644. The number of methoxy groups -OCH3 is 1. The molecule has 0 atom stereocenters. The van der Waals surface area contributed by atoms with E-state index in [4.69, 9.17) is 4.74 Å². The van der Waals surface area contributed by atoms with E-state index in [0.717, 1.165) is 16.2 Å². The Kier molecular flexibility index (Phi) is 5.44. The highest BCUT2D eigenvalue weighted by atomic mass is 16.5. The van der Waals surface area contributed by atoms with Crippen LogP contribution in [0.1, 0.15) is 11.1 Å². The Labute approximate surface area is 163 Å². The molecule has 0 aliphatic carbocycles. The van der Waals surface area contributed by atoms with Crippen molar-refractivity contribution in [2.75, 3.05) is 26.1 Å². The minimum atomic E-state index is -0.731. The van der Waals surface area contributed by atoms with Gasteiger partial charge in [-0.1, -0.05) is 24.3 Å². The van der Waals surface area contributed by atoms with Crippen molar-refractivity contribution in [1.82, 2.24) is 10.2 Å². The van der Waals surface area contributed by atoms with Gasteiger partial charge in [-0.15, -0.1) is 0 Å². The summed E-state index contributed by atoms with van der Waals surface area (Å²) in [6, 6.07) is 13.7. The van der Waals surface area contributed by atoms with Gasteiger partial charge in [0.15, 0.2) is 0 Å². The van der Waals surface area contributed by atoms with Gasteiger partial charge in [0.05, 0.1) is 13.7 Å². The molecule has 2 aromatic rings. The molecule has 0 bridgehead atoms. The predicted molar refractivity (Wildman–Crippen MR) is 106 cm³/mol. The number of nitrogens with zero attached hydrogens (tertiary/aromatic N) is 2. The van der Waals surface area contributed by atoms with Gasteiger partial charge in [-0.25, -0.2) is 4.79 Å². The number of anilines is 1. The molecule has 1 N–H and O–H groups in total. The number of imide groups is 2. The van der Waals surface area contributed by atoms with Crippen LogP contribution in [0, 0.1) is 0 Å². The van der Waals surface area contributed by atoms with E-state index in [2.05, 4.69) is 5.32 Å². The first-order valence-corrected chi connectivity index (χ1v) is 8.68. The number of carbonyl (C=O) groups is 3. The molecule has 1 aliphatic heterocycles. The fourth-order valence-electron chi connectivity index (χ4n) is 2.79. The van der Waals surface area contributed by atoms with E-state index in [9.17, 15) is 14.4 Å². The zero-order valence-electron chi connectivity index (χ0n) is 15.9. The first kappa shape index (κ1) is 19.2. The van der Waals surface area contributed by atoms with Gasteiger partial charge in [-0.3, -0.25) is 19.8 Å². The molecule has 144 valence electrons. The summed E-state index contributed by atoms with van der Waals surface area (Å²) in [6.45, 7) is 0.0544. The Bertz CT molecular complexity index is 931. The van der Waals surface area contributed by atoms with E-state index in [0.29, 0.717) is 11.3 Å². The van der Waals surface area contributed by atoms with Crippen LogP contribution >= 0.6 is 0 Å². The number of nitrogens with one attached hydrogen (secondary N) is 1. The lowest BCUT2D eigenvalue weighted by Crippen LogP contribution is -2.53. The topological polar surface area (TPSA) is 79.0 Å². The van der Waals surface area contributed by atoms with Crippen LogP contribution in [0.2, 0.25) is 0 Å². The van der Waals surface area contributed by atoms with Crippen molar-refractivity contribution in [3.63, 3.8) is 0 Å². The number of ether oxygens (including phenoxy) is 1. The molecule has 0 spiro atoms. The lowest BCUT2D eigenvalue weighted by molar-refractivity contribution is -0.130. The predicted octanol–water partition coefficient (Wildman–Crippen LogP) is 2.42. The molecule has 0 radical (unpaired) electrons. The fourth-order valence-corrected chi connectivity index (χ4v) is 2.79. The van der Waals surface area contributed by atoms with Gasteiger partial charge < -0.3 is 9.64 Å². The molecule has 1 aliphatic rings. The number of amides is 4. The molecule has 0 saturated carbocycles. The fraction of sp³-hybridized carbons (Fsp3) is 0.190. The molecule has 3 rings (SSSR count). The van der Waals surface area contributed by atoms with Gasteiger partial charge in [-0.05, 0) is 41.5 Å². The zero-order valence-corrected chi connectivity index (χ0v) is 15.9. The SMILES string of the molecule is COc1ccc(CN2C(=O)NC(=O)C(=Cc3ccc(N(C)C)cc3)C2=O)cc1. The maximum atomic E-state index is 12.8. The summed E-state index contributed by atoms with van der Waals surface area (Å²) < 4.78 is 5.11. The van der Waals surface area contributed by atoms with Crippen LogP contribution < -0.4 is 15.0 Å². The Morgan fingerprint density at radius 2 is 1.64 bits per heavy atom. The quantitative estimate of drug-likeness (QED) is 0.638. The standard InChI is InChI=1S/C21H21N3O4/c1-23(2)16-8-4-14(5-9-16)12-18-19(25)22-21(27)24(20(18)26)13-15-6-10-17(28-3)11-7-15/h4-12H,13H2,1-3H3,(H,22,25,27). The van der Waals surface area contributed by atoms with Crippen LogP contribution in [-0.2, 0) is 16.1 Å². The van der Waals surface area contributed by atoms with Gasteiger partial charge in [0.25, 0.3) is 11.8 Å². The van der Waals surface area contributed by atoms with Crippen LogP contribution in [0.4, 0.5) is 10.5 Å². The van der Waals surface area contributed by atoms with Crippen molar-refractivity contribution >= 4 is 29.6 Å². The van der Waals surface area contributed by atoms with Crippen LogP contribution in [0.15, 0.2) is 54.1 Å². The minimum Gasteiger partial charge on any atom is -0.497 e. The average Bonchev–Trinajstić information content (AvgIpc) is 2.69. The minimum absolute atomic E-state index is 0.0544. The molecule has 1 saturated heterocycles. The number of benzene rings is 2. The monoisotopic (exact) mass is 379 g/mol. The van der Waals surface area contributed by atoms with Crippen molar-refractivity contribution in [3.05, 3.63) is 65.2 Å². The summed E-state index contributed by atoms with van der Waals surface area (Å²) in [4.78, 5) is 40.1. The summed E-state index contributed by atoms with van der Waals surface area (Å²) >= 11 is 0. The molecule has 7 heteroatoms. The number of hydrogen-bond donors (Lipinski definition) is 1. The highest BCUT2D eigenvalue weighted by Crippen LogP contribution is 2.20. The Morgan fingerprint density at radius 3 is 2.21 bits per heavy atom. The number of barbiturate groups is 1. The van der Waals surface area contributed by atoms with Gasteiger partial charge in [-0.2, -0.15) is 0 Å². The maximum Gasteiger partial charge on any atom is 0.331 e. The summed E-state index contributed by atoms with van der Waals surface area (Å²) in [6.07, 6.45) is 1.49. The second-order valence-corrected chi connectivity index (χ2v) is 6.54. The zero-order chi connectivity index (χ0) is 20.3. The lowest BCUT2D eigenvalue weighted by Gasteiger charge is -2.26. The first-order chi connectivity index (χ1) is 13.4. The van der Waals surface area contributed by atoms with Crippen molar-refractivity contribution in [3.8, 4) is 5.75 Å². The van der Waals surface area contributed by atoms with E-state index in [1.165, 1.54) is 6.08 Å². The molecule has 1 heterocycles. The summed E-state index contributed by atoms with van der Waals surface area (Å²) in [7, 11) is 5.41. The van der Waals surface area contributed by atoms with Crippen molar-refractivity contribution in [1.29, 1.82) is 0 Å². The molecule has 0 aromatic heterocycles. The molecule has 7 nitrogen and oxygen atoms in total. The largest absolute Gasteiger partial charge is 0.497 e. The molecular formula is C21H21N3O4. The molecule has 1 fully saturated rings. The van der Waals surface area contributed by atoms with E-state index in [1.54, 1.807) is 31.4 Å². The van der Waals surface area contributed by atoms with E-state index in [-0.39, 0.29) is 12.1 Å². The van der Waals surface area contributed by atoms with Gasteiger partial charge in [0, 0.05) is 19.8 Å². The van der Waals surface area contributed by atoms with Crippen LogP contribution in [0.5, 0.6) is 5.75 Å². The average molecular weight is 379 g/mol. The van der Waals surface area contributed by atoms with Gasteiger partial charge in [0.2, 0.25) is 0 Å². The number of urea groups is 1. The van der Waals surface area contributed by atoms with Crippen LogP contribution in [-0.4, -0.2) is 44.0 Å². The molecule has 4 amide bonds. The summed E-state index contributed by atoms with van der Waals surface area (Å²) in [5.41, 5.74) is 2.36. The molecule has 0 unspecified atom stereocenters.